The molecule has 0 fully saturated rings. The van der Waals surface area contributed by atoms with E-state index in [1.165, 1.54) is 7.05 Å². The molecular formula is C6H7F3N4. The van der Waals surface area contributed by atoms with Crippen LogP contribution in [0.1, 0.15) is 5.56 Å². The van der Waals surface area contributed by atoms with Crippen molar-refractivity contribution >= 4 is 11.8 Å². The van der Waals surface area contributed by atoms with Crippen molar-refractivity contribution in [2.45, 2.75) is 6.18 Å². The van der Waals surface area contributed by atoms with Crippen LogP contribution in [0.25, 0.3) is 0 Å². The van der Waals surface area contributed by atoms with Gasteiger partial charge in [-0.2, -0.15) is 18.2 Å². The highest BCUT2D eigenvalue weighted by Crippen LogP contribution is 2.32. The first-order chi connectivity index (χ1) is 5.95. The van der Waals surface area contributed by atoms with Crippen molar-refractivity contribution in [2.75, 3.05) is 18.1 Å². The predicted octanol–water partition coefficient (Wildman–Crippen LogP) is 1.12. The van der Waals surface area contributed by atoms with Crippen LogP contribution in [0.3, 0.4) is 0 Å². The Morgan fingerprint density at radius 2 is 2.08 bits per heavy atom. The molecule has 13 heavy (non-hydrogen) atoms. The zero-order valence-electron chi connectivity index (χ0n) is 6.68. The van der Waals surface area contributed by atoms with Crippen molar-refractivity contribution in [3.8, 4) is 0 Å². The average molecular weight is 192 g/mol. The minimum absolute atomic E-state index is 0.0606. The Bertz CT molecular complexity index is 309. The SMILES string of the molecule is CNc1ncc(C(F)(F)F)c(N)n1. The number of nitrogens with zero attached hydrogens (tertiary/aromatic N) is 2. The van der Waals surface area contributed by atoms with Crippen molar-refractivity contribution in [3.05, 3.63) is 11.8 Å². The summed E-state index contributed by atoms with van der Waals surface area (Å²) in [4.78, 5) is 6.80. The maximum atomic E-state index is 12.1. The molecule has 0 saturated carbocycles. The van der Waals surface area contributed by atoms with Crippen LogP contribution in [0.4, 0.5) is 24.9 Å². The lowest BCUT2D eigenvalue weighted by Crippen LogP contribution is -2.12. The number of hydrogen-bond acceptors (Lipinski definition) is 4. The van der Waals surface area contributed by atoms with Crippen LogP contribution in [0.15, 0.2) is 6.20 Å². The molecule has 3 N–H and O–H groups in total. The van der Waals surface area contributed by atoms with Gasteiger partial charge in [-0.15, -0.1) is 0 Å². The predicted molar refractivity (Wildman–Crippen MR) is 41.0 cm³/mol. The molecule has 0 atom stereocenters. The molecule has 1 aromatic heterocycles. The molecule has 72 valence electrons. The van der Waals surface area contributed by atoms with Crippen molar-refractivity contribution in [1.82, 2.24) is 9.97 Å². The number of halogens is 3. The second-order valence-corrected chi connectivity index (χ2v) is 2.24. The molecule has 0 bridgehead atoms. The summed E-state index contributed by atoms with van der Waals surface area (Å²) in [6, 6.07) is 0. The van der Waals surface area contributed by atoms with Gasteiger partial charge in [-0.05, 0) is 0 Å². The number of alkyl halides is 3. The first kappa shape index (κ1) is 9.56. The van der Waals surface area contributed by atoms with Gasteiger partial charge in [0.05, 0.1) is 0 Å². The Morgan fingerprint density at radius 3 is 2.46 bits per heavy atom. The molecule has 0 aromatic carbocycles. The number of anilines is 2. The van der Waals surface area contributed by atoms with Crippen LogP contribution in [-0.4, -0.2) is 17.0 Å². The number of nitrogen functional groups attached to an aromatic ring is 1. The van der Waals surface area contributed by atoms with Gasteiger partial charge in [0, 0.05) is 13.2 Å². The third-order valence-electron chi connectivity index (χ3n) is 1.35. The van der Waals surface area contributed by atoms with Gasteiger partial charge in [-0.3, -0.25) is 0 Å². The summed E-state index contributed by atoms with van der Waals surface area (Å²) in [6.07, 6.45) is -3.86. The molecule has 0 aliphatic rings. The van der Waals surface area contributed by atoms with Crippen molar-refractivity contribution in [3.63, 3.8) is 0 Å². The Hall–Kier alpha value is -1.53. The van der Waals surface area contributed by atoms with Gasteiger partial charge < -0.3 is 11.1 Å². The van der Waals surface area contributed by atoms with Gasteiger partial charge >= 0.3 is 6.18 Å². The molecule has 0 radical (unpaired) electrons. The fraction of sp³-hybridized carbons (Fsp3) is 0.333. The van der Waals surface area contributed by atoms with E-state index in [4.69, 9.17) is 5.73 Å². The highest BCUT2D eigenvalue weighted by atomic mass is 19.4. The van der Waals surface area contributed by atoms with E-state index in [2.05, 4.69) is 15.3 Å². The van der Waals surface area contributed by atoms with Crippen molar-refractivity contribution < 1.29 is 13.2 Å². The molecule has 4 nitrogen and oxygen atoms in total. The van der Waals surface area contributed by atoms with Gasteiger partial charge in [0.15, 0.2) is 0 Å². The number of aromatic nitrogens is 2. The van der Waals surface area contributed by atoms with Crippen molar-refractivity contribution in [2.24, 2.45) is 0 Å². The first-order valence-electron chi connectivity index (χ1n) is 3.32. The van der Waals surface area contributed by atoms with E-state index in [1.54, 1.807) is 0 Å². The second kappa shape index (κ2) is 3.08. The van der Waals surface area contributed by atoms with E-state index < -0.39 is 17.6 Å². The summed E-state index contributed by atoms with van der Waals surface area (Å²) < 4.78 is 36.3. The standard InChI is InChI=1S/C6H7F3N4/c1-11-5-12-2-3(4(10)13-5)6(7,8)9/h2H,1H3,(H3,10,11,12,13). The molecule has 0 aliphatic carbocycles. The van der Waals surface area contributed by atoms with Crippen LogP contribution in [0, 0.1) is 0 Å². The lowest BCUT2D eigenvalue weighted by Gasteiger charge is -2.08. The topological polar surface area (TPSA) is 63.8 Å². The minimum Gasteiger partial charge on any atom is -0.383 e. The zero-order valence-corrected chi connectivity index (χ0v) is 6.68. The minimum atomic E-state index is -4.50. The maximum Gasteiger partial charge on any atom is 0.421 e. The molecule has 0 spiro atoms. The Kier molecular flexibility index (Phi) is 2.26. The molecule has 1 heterocycles. The van der Waals surface area contributed by atoms with E-state index in [0.29, 0.717) is 6.20 Å². The van der Waals surface area contributed by atoms with E-state index in [9.17, 15) is 13.2 Å². The number of nitrogens with one attached hydrogen (secondary N) is 1. The smallest absolute Gasteiger partial charge is 0.383 e. The first-order valence-corrected chi connectivity index (χ1v) is 3.32. The van der Waals surface area contributed by atoms with Gasteiger partial charge in [0.1, 0.15) is 11.4 Å². The summed E-state index contributed by atoms with van der Waals surface area (Å²) in [5.74, 6) is -0.516. The largest absolute Gasteiger partial charge is 0.421 e. The van der Waals surface area contributed by atoms with E-state index >= 15 is 0 Å². The Balaban J connectivity index is 3.13. The van der Waals surface area contributed by atoms with Gasteiger partial charge in [0.2, 0.25) is 5.95 Å². The molecule has 0 unspecified atom stereocenters. The molecule has 1 rings (SSSR count). The normalized spacial score (nSPS) is 11.4. The molecular weight excluding hydrogens is 185 g/mol. The fourth-order valence-corrected chi connectivity index (χ4v) is 0.734. The molecule has 7 heteroatoms. The highest BCUT2D eigenvalue weighted by Gasteiger charge is 2.34. The molecule has 1 aromatic rings. The number of rotatable bonds is 1. The van der Waals surface area contributed by atoms with Gasteiger partial charge in [0.25, 0.3) is 0 Å². The summed E-state index contributed by atoms with van der Waals surface area (Å²) in [6.45, 7) is 0. The molecule has 0 saturated heterocycles. The maximum absolute atomic E-state index is 12.1. The average Bonchev–Trinajstić information content (AvgIpc) is 2.01. The van der Waals surface area contributed by atoms with Crippen molar-refractivity contribution in [1.29, 1.82) is 0 Å². The second-order valence-electron chi connectivity index (χ2n) is 2.24. The highest BCUT2D eigenvalue weighted by molar-refractivity contribution is 5.44. The van der Waals surface area contributed by atoms with E-state index in [-0.39, 0.29) is 5.95 Å². The van der Waals surface area contributed by atoms with E-state index in [1.807, 2.05) is 0 Å². The third kappa shape index (κ3) is 1.98. The van der Waals surface area contributed by atoms with Gasteiger partial charge in [-0.1, -0.05) is 0 Å². The number of nitrogens with two attached hydrogens (primary N) is 1. The summed E-state index contributed by atoms with van der Waals surface area (Å²) in [7, 11) is 1.49. The van der Waals surface area contributed by atoms with Crippen LogP contribution < -0.4 is 11.1 Å². The quantitative estimate of drug-likeness (QED) is 0.699. The van der Waals surface area contributed by atoms with Crippen LogP contribution >= 0.6 is 0 Å². The summed E-state index contributed by atoms with van der Waals surface area (Å²) >= 11 is 0. The molecule has 0 amide bonds. The molecule has 0 aliphatic heterocycles. The lowest BCUT2D eigenvalue weighted by molar-refractivity contribution is -0.137. The van der Waals surface area contributed by atoms with Crippen LogP contribution in [-0.2, 0) is 6.18 Å². The van der Waals surface area contributed by atoms with Gasteiger partial charge in [-0.25, -0.2) is 4.98 Å². The van der Waals surface area contributed by atoms with Crippen LogP contribution in [0.2, 0.25) is 0 Å². The Labute approximate surface area is 72.0 Å². The zero-order chi connectivity index (χ0) is 10.1. The monoisotopic (exact) mass is 192 g/mol. The summed E-state index contributed by atoms with van der Waals surface area (Å²) in [5.41, 5.74) is 4.05. The van der Waals surface area contributed by atoms with E-state index in [0.717, 1.165) is 0 Å². The third-order valence-corrected chi connectivity index (χ3v) is 1.35. The number of hydrogen-bond donors (Lipinski definition) is 2. The van der Waals surface area contributed by atoms with Crippen LogP contribution in [0.5, 0.6) is 0 Å². The summed E-state index contributed by atoms with van der Waals surface area (Å²) in [5, 5.41) is 2.48. The lowest BCUT2D eigenvalue weighted by atomic mass is 10.3. The Morgan fingerprint density at radius 1 is 1.46 bits per heavy atom. The fourth-order valence-electron chi connectivity index (χ4n) is 0.734.